The van der Waals surface area contributed by atoms with E-state index in [-0.39, 0.29) is 10.4 Å². The standard InChI is InChI=1S/C15H17BF3NO5S2/c1-14(2,3)20-27(23,24)13-11(25-16(21)22)8-12(26-13)9-6-4-5-7-10(9)15(17,18)19/h4-8,20-22H,1-3H3. The van der Waals surface area contributed by atoms with Crippen LogP contribution in [0, 0.1) is 0 Å². The Morgan fingerprint density at radius 3 is 2.26 bits per heavy atom. The van der Waals surface area contributed by atoms with Crippen molar-refractivity contribution in [3.63, 3.8) is 0 Å². The van der Waals surface area contributed by atoms with E-state index in [1.165, 1.54) is 18.2 Å². The van der Waals surface area contributed by atoms with Crippen LogP contribution in [-0.2, 0) is 16.2 Å². The van der Waals surface area contributed by atoms with Crippen LogP contribution in [0.15, 0.2) is 34.5 Å². The van der Waals surface area contributed by atoms with Crippen molar-refractivity contribution in [2.75, 3.05) is 0 Å². The van der Waals surface area contributed by atoms with Gasteiger partial charge in [-0.1, -0.05) is 18.2 Å². The minimum absolute atomic E-state index is 0.0483. The van der Waals surface area contributed by atoms with Crippen LogP contribution in [-0.4, -0.2) is 31.3 Å². The highest BCUT2D eigenvalue weighted by Crippen LogP contribution is 2.44. The average molecular weight is 423 g/mol. The summed E-state index contributed by atoms with van der Waals surface area (Å²) in [5.41, 5.74) is -2.07. The van der Waals surface area contributed by atoms with Crippen molar-refractivity contribution in [3.8, 4) is 16.2 Å². The Morgan fingerprint density at radius 1 is 1.15 bits per heavy atom. The van der Waals surface area contributed by atoms with Crippen molar-refractivity contribution >= 4 is 28.7 Å². The molecule has 0 spiro atoms. The van der Waals surface area contributed by atoms with E-state index in [1.54, 1.807) is 20.8 Å². The molecule has 0 aliphatic carbocycles. The quantitative estimate of drug-likeness (QED) is 0.643. The molecule has 27 heavy (non-hydrogen) atoms. The van der Waals surface area contributed by atoms with Crippen LogP contribution in [0.3, 0.4) is 0 Å². The molecular weight excluding hydrogens is 406 g/mol. The summed E-state index contributed by atoms with van der Waals surface area (Å²) in [6.07, 6.45) is -4.65. The SMILES string of the molecule is CC(C)(C)NS(=O)(=O)c1sc(-c2ccccc2C(F)(F)F)cc1OB(O)O. The molecule has 0 saturated heterocycles. The first-order valence-corrected chi connectivity index (χ1v) is 9.88. The normalized spacial score (nSPS) is 12.9. The van der Waals surface area contributed by atoms with Gasteiger partial charge in [0.15, 0.2) is 4.21 Å². The molecule has 12 heteroatoms. The minimum Gasteiger partial charge on any atom is -0.510 e. The van der Waals surface area contributed by atoms with Crippen LogP contribution in [0.5, 0.6) is 5.75 Å². The molecule has 1 heterocycles. The van der Waals surface area contributed by atoms with Crippen molar-refractivity contribution in [1.29, 1.82) is 0 Å². The number of hydrogen-bond acceptors (Lipinski definition) is 6. The van der Waals surface area contributed by atoms with Crippen molar-refractivity contribution < 1.29 is 36.3 Å². The van der Waals surface area contributed by atoms with E-state index >= 15 is 0 Å². The summed E-state index contributed by atoms with van der Waals surface area (Å²) in [5, 5.41) is 18.1. The first-order chi connectivity index (χ1) is 12.2. The molecule has 0 aliphatic heterocycles. The van der Waals surface area contributed by atoms with Crippen LogP contribution in [0.1, 0.15) is 26.3 Å². The van der Waals surface area contributed by atoms with Gasteiger partial charge in [-0.05, 0) is 32.9 Å². The highest BCUT2D eigenvalue weighted by molar-refractivity contribution is 7.91. The molecule has 0 fully saturated rings. The van der Waals surface area contributed by atoms with Crippen molar-refractivity contribution in [2.45, 2.75) is 36.7 Å². The zero-order chi connectivity index (χ0) is 20.6. The summed E-state index contributed by atoms with van der Waals surface area (Å²) >= 11 is 0.535. The fraction of sp³-hybridized carbons (Fsp3) is 0.333. The van der Waals surface area contributed by atoms with Gasteiger partial charge in [0.05, 0.1) is 5.56 Å². The highest BCUT2D eigenvalue weighted by Gasteiger charge is 2.35. The van der Waals surface area contributed by atoms with E-state index in [2.05, 4.69) is 4.72 Å². The number of sulfonamides is 1. The van der Waals surface area contributed by atoms with Crippen LogP contribution >= 0.6 is 11.3 Å². The molecule has 2 aromatic rings. The molecule has 1 aromatic carbocycles. The van der Waals surface area contributed by atoms with Gasteiger partial charge in [0.2, 0.25) is 0 Å². The van der Waals surface area contributed by atoms with E-state index < -0.39 is 44.6 Å². The first-order valence-electron chi connectivity index (χ1n) is 7.58. The summed E-state index contributed by atoms with van der Waals surface area (Å²) in [5.74, 6) is -0.460. The lowest BCUT2D eigenvalue weighted by Crippen LogP contribution is -2.40. The number of rotatable bonds is 5. The molecule has 0 aliphatic rings. The second-order valence-electron chi connectivity index (χ2n) is 6.61. The molecule has 1 aromatic heterocycles. The van der Waals surface area contributed by atoms with Crippen molar-refractivity contribution in [2.24, 2.45) is 0 Å². The van der Waals surface area contributed by atoms with Gasteiger partial charge in [-0.25, -0.2) is 13.1 Å². The summed E-state index contributed by atoms with van der Waals surface area (Å²) in [6.45, 7) is 4.75. The third kappa shape index (κ3) is 5.45. The highest BCUT2D eigenvalue weighted by atomic mass is 32.2. The van der Waals surface area contributed by atoms with Gasteiger partial charge in [-0.3, -0.25) is 0 Å². The molecule has 0 unspecified atom stereocenters. The molecule has 6 nitrogen and oxygen atoms in total. The average Bonchev–Trinajstić information content (AvgIpc) is 2.87. The smallest absolute Gasteiger partial charge is 0.510 e. The number of benzene rings is 1. The van der Waals surface area contributed by atoms with Crippen LogP contribution < -0.4 is 9.38 Å². The summed E-state index contributed by atoms with van der Waals surface area (Å²) in [4.78, 5) is -0.0483. The second kappa shape index (κ2) is 7.43. The predicted octanol–water partition coefficient (Wildman–Crippen LogP) is 2.86. The molecule has 2 rings (SSSR count). The monoisotopic (exact) mass is 423 g/mol. The molecular formula is C15H17BF3NO5S2. The number of hydrogen-bond donors (Lipinski definition) is 3. The number of alkyl halides is 3. The van der Waals surface area contributed by atoms with E-state index in [1.807, 2.05) is 0 Å². The maximum Gasteiger partial charge on any atom is 0.707 e. The van der Waals surface area contributed by atoms with Gasteiger partial charge in [0.1, 0.15) is 5.75 Å². The number of halogens is 3. The number of thiophene rings is 1. The fourth-order valence-electron chi connectivity index (χ4n) is 2.27. The van der Waals surface area contributed by atoms with Crippen LogP contribution in [0.4, 0.5) is 13.2 Å². The molecule has 0 radical (unpaired) electrons. The van der Waals surface area contributed by atoms with Gasteiger partial charge >= 0.3 is 13.5 Å². The zero-order valence-electron chi connectivity index (χ0n) is 14.5. The minimum atomic E-state index is -4.65. The van der Waals surface area contributed by atoms with E-state index in [9.17, 15) is 21.6 Å². The summed E-state index contributed by atoms with van der Waals surface area (Å²) in [7, 11) is -6.53. The van der Waals surface area contributed by atoms with Crippen molar-refractivity contribution in [3.05, 3.63) is 35.9 Å². The molecule has 0 saturated carbocycles. The van der Waals surface area contributed by atoms with Gasteiger partial charge in [0.25, 0.3) is 10.0 Å². The van der Waals surface area contributed by atoms with Crippen molar-refractivity contribution in [1.82, 2.24) is 4.72 Å². The largest absolute Gasteiger partial charge is 0.707 e. The second-order valence-corrected chi connectivity index (χ2v) is 9.54. The Balaban J connectivity index is 2.65. The lowest BCUT2D eigenvalue weighted by molar-refractivity contribution is -0.137. The summed E-state index contributed by atoms with van der Waals surface area (Å²) in [6, 6.07) is 5.70. The van der Waals surface area contributed by atoms with Crippen LogP contribution in [0.25, 0.3) is 10.4 Å². The third-order valence-corrected chi connectivity index (χ3v) is 6.50. The zero-order valence-corrected chi connectivity index (χ0v) is 16.2. The molecule has 3 N–H and O–H groups in total. The lowest BCUT2D eigenvalue weighted by Gasteiger charge is -2.20. The van der Waals surface area contributed by atoms with E-state index in [0.29, 0.717) is 11.3 Å². The Kier molecular flexibility index (Phi) is 5.98. The molecule has 148 valence electrons. The molecule has 0 bridgehead atoms. The lowest BCUT2D eigenvalue weighted by atomic mass is 10.1. The van der Waals surface area contributed by atoms with E-state index in [4.69, 9.17) is 14.7 Å². The third-order valence-electron chi connectivity index (χ3n) is 3.08. The Hall–Kier alpha value is -1.60. The number of nitrogens with one attached hydrogen (secondary N) is 1. The van der Waals surface area contributed by atoms with E-state index in [0.717, 1.165) is 12.1 Å². The summed E-state index contributed by atoms with van der Waals surface area (Å²) < 4.78 is 71.6. The fourth-order valence-corrected chi connectivity index (χ4v) is 5.23. The topological polar surface area (TPSA) is 95.9 Å². The Bertz CT molecular complexity index is 920. The maximum atomic E-state index is 13.3. The molecule has 0 atom stereocenters. The van der Waals surface area contributed by atoms with Gasteiger partial charge in [-0.2, -0.15) is 13.2 Å². The first kappa shape index (κ1) is 21.7. The van der Waals surface area contributed by atoms with Gasteiger partial charge in [0, 0.05) is 16.0 Å². The maximum absolute atomic E-state index is 13.3. The predicted molar refractivity (Wildman–Crippen MR) is 95.7 cm³/mol. The van der Waals surface area contributed by atoms with Crippen LogP contribution in [0.2, 0.25) is 0 Å². The Morgan fingerprint density at radius 2 is 1.74 bits per heavy atom. The molecule has 0 amide bonds. The van der Waals surface area contributed by atoms with Gasteiger partial charge < -0.3 is 14.7 Å². The Labute approximate surface area is 158 Å². The van der Waals surface area contributed by atoms with Gasteiger partial charge in [-0.15, -0.1) is 11.3 Å².